The molecule has 0 unspecified atom stereocenters. The summed E-state index contributed by atoms with van der Waals surface area (Å²) in [6.45, 7) is 5.15. The Morgan fingerprint density at radius 3 is 3.00 bits per heavy atom. The molecule has 0 bridgehead atoms. The topological polar surface area (TPSA) is 18.5 Å². The average Bonchev–Trinajstić information content (AvgIpc) is 2.19. The maximum atomic E-state index is 6.02. The van der Waals surface area contributed by atoms with Crippen LogP contribution in [0, 0.1) is 0 Å². The van der Waals surface area contributed by atoms with E-state index in [-0.39, 0.29) is 5.60 Å². The molecule has 2 fully saturated rings. The Labute approximate surface area is 86.3 Å². The van der Waals surface area contributed by atoms with Crippen molar-refractivity contribution in [1.82, 2.24) is 0 Å². The number of ether oxygens (including phenoxy) is 2. The van der Waals surface area contributed by atoms with Gasteiger partial charge < -0.3 is 9.47 Å². The van der Waals surface area contributed by atoms with Gasteiger partial charge in [-0.1, -0.05) is 12.2 Å². The average molecular weight is 196 g/mol. The molecular formula is C12H20O2. The Kier molecular flexibility index (Phi) is 2.93. The summed E-state index contributed by atoms with van der Waals surface area (Å²) < 4.78 is 11.9. The normalized spacial score (nSPS) is 43.9. The third-order valence-corrected chi connectivity index (χ3v) is 3.39. The highest BCUT2D eigenvalue weighted by Gasteiger charge is 2.42. The zero-order chi connectivity index (χ0) is 10.0. The molecule has 0 aromatic rings. The molecule has 0 radical (unpaired) electrons. The van der Waals surface area contributed by atoms with Gasteiger partial charge in [0.1, 0.15) is 0 Å². The Bertz CT molecular complexity index is 224. The highest BCUT2D eigenvalue weighted by molar-refractivity contribution is 4.98. The first-order valence-electron chi connectivity index (χ1n) is 5.67. The van der Waals surface area contributed by atoms with E-state index in [1.807, 2.05) is 0 Å². The van der Waals surface area contributed by atoms with Crippen molar-refractivity contribution in [2.24, 2.45) is 0 Å². The molecule has 2 saturated heterocycles. The maximum absolute atomic E-state index is 6.02. The molecule has 0 spiro atoms. The fraction of sp³-hybridized carbons (Fsp3) is 0.833. The van der Waals surface area contributed by atoms with E-state index in [0.29, 0.717) is 12.2 Å². The smallest absolute Gasteiger partial charge is 0.0916 e. The molecular weight excluding hydrogens is 176 g/mol. The van der Waals surface area contributed by atoms with Gasteiger partial charge in [-0.05, 0) is 39.5 Å². The summed E-state index contributed by atoms with van der Waals surface area (Å²) in [6, 6.07) is 0. The van der Waals surface area contributed by atoms with Crippen LogP contribution in [0.3, 0.4) is 0 Å². The van der Waals surface area contributed by atoms with Crippen LogP contribution in [-0.4, -0.2) is 24.4 Å². The fourth-order valence-corrected chi connectivity index (χ4v) is 2.48. The van der Waals surface area contributed by atoms with E-state index in [1.165, 1.54) is 0 Å². The van der Waals surface area contributed by atoms with E-state index in [4.69, 9.17) is 9.47 Å². The van der Waals surface area contributed by atoms with Crippen LogP contribution in [0.1, 0.15) is 39.5 Å². The predicted molar refractivity (Wildman–Crippen MR) is 56.3 cm³/mol. The van der Waals surface area contributed by atoms with Gasteiger partial charge in [0.2, 0.25) is 0 Å². The van der Waals surface area contributed by atoms with Crippen molar-refractivity contribution in [2.75, 3.05) is 6.61 Å². The highest BCUT2D eigenvalue weighted by Crippen LogP contribution is 2.37. The van der Waals surface area contributed by atoms with Crippen molar-refractivity contribution in [3.63, 3.8) is 0 Å². The van der Waals surface area contributed by atoms with E-state index >= 15 is 0 Å². The predicted octanol–water partition coefficient (Wildman–Crippen LogP) is 2.68. The number of hydrogen-bond acceptors (Lipinski definition) is 2. The molecule has 0 N–H and O–H groups in total. The monoisotopic (exact) mass is 196 g/mol. The van der Waals surface area contributed by atoms with Gasteiger partial charge in [0, 0.05) is 6.61 Å². The van der Waals surface area contributed by atoms with Crippen LogP contribution in [0.4, 0.5) is 0 Å². The summed E-state index contributed by atoms with van der Waals surface area (Å²) in [6.07, 6.45) is 9.40. The van der Waals surface area contributed by atoms with Crippen molar-refractivity contribution in [2.45, 2.75) is 57.3 Å². The molecule has 2 nitrogen and oxygen atoms in total. The van der Waals surface area contributed by atoms with Gasteiger partial charge >= 0.3 is 0 Å². The van der Waals surface area contributed by atoms with Gasteiger partial charge in [-0.3, -0.25) is 0 Å². The molecule has 0 amide bonds. The Morgan fingerprint density at radius 2 is 2.21 bits per heavy atom. The van der Waals surface area contributed by atoms with Crippen LogP contribution in [0.15, 0.2) is 12.2 Å². The zero-order valence-electron chi connectivity index (χ0n) is 9.16. The van der Waals surface area contributed by atoms with Gasteiger partial charge in [0.15, 0.2) is 0 Å². The Hall–Kier alpha value is -0.340. The van der Waals surface area contributed by atoms with E-state index in [9.17, 15) is 0 Å². The molecule has 2 heteroatoms. The number of fused-ring (bicyclic) bond motifs is 1. The molecule has 2 heterocycles. The van der Waals surface area contributed by atoms with Crippen LogP contribution in [0.2, 0.25) is 0 Å². The third-order valence-electron chi connectivity index (χ3n) is 3.39. The quantitative estimate of drug-likeness (QED) is 0.600. The van der Waals surface area contributed by atoms with Crippen molar-refractivity contribution < 1.29 is 9.47 Å². The molecule has 2 aliphatic heterocycles. The summed E-state index contributed by atoms with van der Waals surface area (Å²) >= 11 is 0. The SMILES string of the molecule is C/C=C/[C@@H]1CC[C@@]2(C)OCCC[C@@H]2O1. The summed E-state index contributed by atoms with van der Waals surface area (Å²) in [5.41, 5.74) is -0.00364. The summed E-state index contributed by atoms with van der Waals surface area (Å²) in [7, 11) is 0. The minimum atomic E-state index is -0.00364. The van der Waals surface area contributed by atoms with Gasteiger partial charge in [-0.15, -0.1) is 0 Å². The zero-order valence-corrected chi connectivity index (χ0v) is 9.16. The van der Waals surface area contributed by atoms with Gasteiger partial charge in [0.25, 0.3) is 0 Å². The van der Waals surface area contributed by atoms with E-state index in [2.05, 4.69) is 26.0 Å². The van der Waals surface area contributed by atoms with Crippen molar-refractivity contribution in [3.8, 4) is 0 Å². The number of allylic oxidation sites excluding steroid dienone is 1. The second kappa shape index (κ2) is 4.03. The molecule has 0 saturated carbocycles. The lowest BCUT2D eigenvalue weighted by Gasteiger charge is -2.46. The third kappa shape index (κ3) is 1.86. The largest absolute Gasteiger partial charge is 0.373 e. The lowest BCUT2D eigenvalue weighted by Crippen LogP contribution is -2.52. The Balaban J connectivity index is 2.01. The lowest BCUT2D eigenvalue weighted by atomic mass is 9.84. The molecule has 3 atom stereocenters. The molecule has 0 aliphatic carbocycles. The van der Waals surface area contributed by atoms with Crippen molar-refractivity contribution in [3.05, 3.63) is 12.2 Å². The van der Waals surface area contributed by atoms with Gasteiger partial charge in [-0.2, -0.15) is 0 Å². The van der Waals surface area contributed by atoms with E-state index < -0.39 is 0 Å². The van der Waals surface area contributed by atoms with E-state index in [0.717, 1.165) is 32.3 Å². The molecule has 2 aliphatic rings. The molecule has 0 aromatic heterocycles. The standard InChI is InChI=1S/C12H20O2/c1-3-5-10-7-8-12(2)11(14-10)6-4-9-13-12/h3,5,10-11H,4,6-9H2,1-2H3/b5-3+/t10-,11+,12-/m1/s1. The molecule has 2 rings (SSSR count). The highest BCUT2D eigenvalue weighted by atomic mass is 16.6. The second-order valence-corrected chi connectivity index (χ2v) is 4.53. The van der Waals surface area contributed by atoms with Gasteiger partial charge in [-0.25, -0.2) is 0 Å². The number of rotatable bonds is 1. The molecule has 80 valence electrons. The summed E-state index contributed by atoms with van der Waals surface area (Å²) in [4.78, 5) is 0. The minimum absolute atomic E-state index is 0.00364. The lowest BCUT2D eigenvalue weighted by molar-refractivity contribution is -0.206. The molecule has 0 aromatic carbocycles. The first kappa shape index (κ1) is 10.2. The molecule has 14 heavy (non-hydrogen) atoms. The van der Waals surface area contributed by atoms with Crippen molar-refractivity contribution >= 4 is 0 Å². The van der Waals surface area contributed by atoms with Crippen LogP contribution < -0.4 is 0 Å². The maximum Gasteiger partial charge on any atom is 0.0916 e. The van der Waals surface area contributed by atoms with E-state index in [1.54, 1.807) is 0 Å². The van der Waals surface area contributed by atoms with Crippen LogP contribution >= 0.6 is 0 Å². The number of hydrogen-bond donors (Lipinski definition) is 0. The van der Waals surface area contributed by atoms with Crippen LogP contribution in [-0.2, 0) is 9.47 Å². The minimum Gasteiger partial charge on any atom is -0.373 e. The van der Waals surface area contributed by atoms with Gasteiger partial charge in [0.05, 0.1) is 17.8 Å². The second-order valence-electron chi connectivity index (χ2n) is 4.53. The van der Waals surface area contributed by atoms with Crippen LogP contribution in [0.5, 0.6) is 0 Å². The van der Waals surface area contributed by atoms with Crippen LogP contribution in [0.25, 0.3) is 0 Å². The summed E-state index contributed by atoms with van der Waals surface area (Å²) in [5, 5.41) is 0. The fourth-order valence-electron chi connectivity index (χ4n) is 2.48. The van der Waals surface area contributed by atoms with Crippen molar-refractivity contribution in [1.29, 1.82) is 0 Å². The first-order valence-corrected chi connectivity index (χ1v) is 5.67. The first-order chi connectivity index (χ1) is 6.74. The summed E-state index contributed by atoms with van der Waals surface area (Å²) in [5.74, 6) is 0. The Morgan fingerprint density at radius 1 is 1.36 bits per heavy atom.